The van der Waals surface area contributed by atoms with Gasteiger partial charge in [0.1, 0.15) is 11.9 Å². The van der Waals surface area contributed by atoms with Crippen LogP contribution in [0.3, 0.4) is 0 Å². The molecule has 0 N–H and O–H groups in total. The highest BCUT2D eigenvalue weighted by Crippen LogP contribution is 2.34. The summed E-state index contributed by atoms with van der Waals surface area (Å²) in [5.41, 5.74) is 1.01. The molecule has 8 nitrogen and oxygen atoms in total. The Balaban J connectivity index is 1.75. The summed E-state index contributed by atoms with van der Waals surface area (Å²) < 4.78 is 11.1. The van der Waals surface area contributed by atoms with Gasteiger partial charge in [0.15, 0.2) is 0 Å². The second kappa shape index (κ2) is 7.45. The Hall–Kier alpha value is -3.42. The second-order valence-corrected chi connectivity index (χ2v) is 6.14. The molecule has 0 unspecified atom stereocenters. The van der Waals surface area contributed by atoms with Crippen LogP contribution in [-0.4, -0.2) is 29.4 Å². The first-order valence-electron chi connectivity index (χ1n) is 8.35. The fraction of sp³-hybridized carbons (Fsp3) is 0.263. The Morgan fingerprint density at radius 2 is 2.00 bits per heavy atom. The van der Waals surface area contributed by atoms with Crippen LogP contribution >= 0.6 is 0 Å². The van der Waals surface area contributed by atoms with Gasteiger partial charge in [0, 0.05) is 19.1 Å². The van der Waals surface area contributed by atoms with E-state index in [0.717, 1.165) is 0 Å². The molecule has 0 fully saturated rings. The van der Waals surface area contributed by atoms with Crippen molar-refractivity contribution >= 4 is 23.3 Å². The molecule has 140 valence electrons. The first kappa shape index (κ1) is 18.4. The number of amides is 1. The van der Waals surface area contributed by atoms with Crippen molar-refractivity contribution in [3.05, 3.63) is 64.2 Å². The van der Waals surface area contributed by atoms with Gasteiger partial charge in [-0.2, -0.15) is 0 Å². The minimum atomic E-state index is -0.982. The minimum Gasteiger partial charge on any atom is -0.475 e. The van der Waals surface area contributed by atoms with E-state index in [9.17, 15) is 19.7 Å². The number of carbonyl (C=O) groups is 2. The number of rotatable bonds is 4. The van der Waals surface area contributed by atoms with Gasteiger partial charge in [0.2, 0.25) is 12.0 Å². The molecule has 0 saturated heterocycles. The van der Waals surface area contributed by atoms with Gasteiger partial charge in [-0.3, -0.25) is 14.9 Å². The monoisotopic (exact) mass is 370 g/mol. The Morgan fingerprint density at radius 3 is 2.70 bits per heavy atom. The number of non-ortho nitro benzene ring substituents is 1. The van der Waals surface area contributed by atoms with E-state index in [2.05, 4.69) is 0 Å². The molecule has 1 amide bonds. The van der Waals surface area contributed by atoms with Gasteiger partial charge in [-0.15, -0.1) is 0 Å². The predicted molar refractivity (Wildman–Crippen MR) is 96.5 cm³/mol. The first-order valence-corrected chi connectivity index (χ1v) is 8.35. The van der Waals surface area contributed by atoms with Gasteiger partial charge < -0.3 is 14.4 Å². The zero-order valence-electron chi connectivity index (χ0n) is 14.8. The molecule has 0 spiro atoms. The highest BCUT2D eigenvalue weighted by Gasteiger charge is 2.34. The van der Waals surface area contributed by atoms with Crippen LogP contribution in [0.2, 0.25) is 0 Å². The summed E-state index contributed by atoms with van der Waals surface area (Å²) in [5, 5.41) is 10.9. The molecule has 1 aliphatic rings. The van der Waals surface area contributed by atoms with Gasteiger partial charge in [0.05, 0.1) is 17.2 Å². The number of ether oxygens (including phenoxy) is 2. The van der Waals surface area contributed by atoms with Crippen LogP contribution < -0.4 is 9.64 Å². The normalized spacial score (nSPS) is 16.7. The molecule has 2 atom stereocenters. The molecule has 0 radical (unpaired) electrons. The van der Waals surface area contributed by atoms with Gasteiger partial charge in [-0.25, -0.2) is 4.79 Å². The van der Waals surface area contributed by atoms with E-state index in [1.165, 1.54) is 30.0 Å². The van der Waals surface area contributed by atoms with E-state index in [1.54, 1.807) is 37.3 Å². The number of nitrogens with zero attached hydrogens (tertiary/aromatic N) is 2. The molecule has 0 aromatic heterocycles. The van der Waals surface area contributed by atoms with Gasteiger partial charge >= 0.3 is 5.97 Å². The van der Waals surface area contributed by atoms with Crippen molar-refractivity contribution < 1.29 is 24.0 Å². The van der Waals surface area contributed by atoms with E-state index >= 15 is 0 Å². The zero-order chi connectivity index (χ0) is 19.6. The fourth-order valence-corrected chi connectivity index (χ4v) is 2.86. The van der Waals surface area contributed by atoms with Crippen LogP contribution in [-0.2, 0) is 14.3 Å². The van der Waals surface area contributed by atoms with Crippen molar-refractivity contribution in [1.82, 2.24) is 0 Å². The van der Waals surface area contributed by atoms with Gasteiger partial charge in [-0.1, -0.05) is 24.3 Å². The summed E-state index contributed by atoms with van der Waals surface area (Å²) in [6.45, 7) is 3.07. The molecule has 0 saturated carbocycles. The summed E-state index contributed by atoms with van der Waals surface area (Å²) >= 11 is 0. The maximum atomic E-state index is 12.6. The lowest BCUT2D eigenvalue weighted by molar-refractivity contribution is -0.385. The highest BCUT2D eigenvalue weighted by molar-refractivity contribution is 5.95. The van der Waals surface area contributed by atoms with Crippen molar-refractivity contribution in [2.75, 3.05) is 11.4 Å². The molecule has 8 heteroatoms. The molecule has 1 aliphatic heterocycles. The topological polar surface area (TPSA) is 99.0 Å². The molecule has 0 bridgehead atoms. The Labute approximate surface area is 155 Å². The molecule has 27 heavy (non-hydrogen) atoms. The van der Waals surface area contributed by atoms with Gasteiger partial charge in [0.25, 0.3) is 5.69 Å². The maximum absolute atomic E-state index is 12.6. The van der Waals surface area contributed by atoms with E-state index in [-0.39, 0.29) is 18.1 Å². The number of fused-ring (bicyclic) bond motifs is 1. The van der Waals surface area contributed by atoms with Crippen LogP contribution in [0.4, 0.5) is 11.4 Å². The third kappa shape index (κ3) is 3.89. The van der Waals surface area contributed by atoms with E-state index in [4.69, 9.17) is 9.47 Å². The number of hydrogen-bond acceptors (Lipinski definition) is 6. The first-order chi connectivity index (χ1) is 12.9. The lowest BCUT2D eigenvalue weighted by atomic mass is 10.1. The number of esters is 1. The van der Waals surface area contributed by atoms with Crippen molar-refractivity contribution in [2.45, 2.75) is 26.1 Å². The number of anilines is 1. The lowest BCUT2D eigenvalue weighted by Crippen LogP contribution is -2.47. The third-order valence-corrected chi connectivity index (χ3v) is 4.26. The summed E-state index contributed by atoms with van der Waals surface area (Å²) in [7, 11) is 0. The number of nitro benzene ring substituents is 1. The van der Waals surface area contributed by atoms with Crippen LogP contribution in [0.15, 0.2) is 48.5 Å². The molecule has 3 rings (SSSR count). The molecule has 2 aromatic carbocycles. The molecular weight excluding hydrogens is 352 g/mol. The van der Waals surface area contributed by atoms with E-state index in [0.29, 0.717) is 17.0 Å². The Bertz CT molecular complexity index is 897. The molecule has 0 aliphatic carbocycles. The van der Waals surface area contributed by atoms with Gasteiger partial charge in [-0.05, 0) is 24.6 Å². The summed E-state index contributed by atoms with van der Waals surface area (Å²) in [6, 6.07) is 12.8. The fourth-order valence-electron chi connectivity index (χ4n) is 2.86. The molecule has 1 heterocycles. The number of nitro groups is 1. The summed E-state index contributed by atoms with van der Waals surface area (Å²) in [5.74, 6) is -0.436. The van der Waals surface area contributed by atoms with Crippen molar-refractivity contribution in [2.24, 2.45) is 0 Å². The number of para-hydroxylation sites is 2. The van der Waals surface area contributed by atoms with E-state index < -0.39 is 23.1 Å². The smallest absolute Gasteiger partial charge is 0.349 e. The van der Waals surface area contributed by atoms with Crippen LogP contribution in [0.25, 0.3) is 0 Å². The van der Waals surface area contributed by atoms with E-state index in [1.807, 2.05) is 0 Å². The maximum Gasteiger partial charge on any atom is 0.349 e. The summed E-state index contributed by atoms with van der Waals surface area (Å²) in [4.78, 5) is 36.3. The van der Waals surface area contributed by atoms with Crippen LogP contribution in [0.1, 0.15) is 25.5 Å². The lowest BCUT2D eigenvalue weighted by Gasteiger charge is -2.33. The number of benzene rings is 2. The summed E-state index contributed by atoms with van der Waals surface area (Å²) in [6.07, 6.45) is -1.69. The third-order valence-electron chi connectivity index (χ3n) is 4.26. The Kier molecular flexibility index (Phi) is 5.07. The predicted octanol–water partition coefficient (Wildman–Crippen LogP) is 3.01. The highest BCUT2D eigenvalue weighted by atomic mass is 16.6. The quantitative estimate of drug-likeness (QED) is 0.466. The average molecular weight is 370 g/mol. The largest absolute Gasteiger partial charge is 0.475 e. The zero-order valence-corrected chi connectivity index (χ0v) is 14.8. The number of hydrogen-bond donors (Lipinski definition) is 0. The molecule has 2 aromatic rings. The average Bonchev–Trinajstić information content (AvgIpc) is 2.66. The van der Waals surface area contributed by atoms with Crippen LogP contribution in [0, 0.1) is 10.1 Å². The minimum absolute atomic E-state index is 0.0346. The van der Waals surface area contributed by atoms with Crippen LogP contribution in [0.5, 0.6) is 5.75 Å². The Morgan fingerprint density at radius 1 is 1.26 bits per heavy atom. The second-order valence-electron chi connectivity index (χ2n) is 6.14. The molecular formula is C19H18N2O6. The SMILES string of the molecule is CC(=O)N1C[C@@H](C(=O)O[C@@H](C)c2cccc([N+](=O)[O-])c2)Oc2ccccc21. The van der Waals surface area contributed by atoms with Crippen molar-refractivity contribution in [3.63, 3.8) is 0 Å². The van der Waals surface area contributed by atoms with Crippen molar-refractivity contribution in [1.29, 1.82) is 0 Å². The standard InChI is InChI=1S/C19H18N2O6/c1-12(14-6-5-7-15(10-14)21(24)25)26-19(23)18-11-20(13(2)22)16-8-3-4-9-17(16)27-18/h3-10,12,18H,11H2,1-2H3/t12-,18-/m0/s1. The van der Waals surface area contributed by atoms with Crippen molar-refractivity contribution in [3.8, 4) is 5.75 Å². The number of carbonyl (C=O) groups excluding carboxylic acids is 2.